The maximum atomic E-state index is 11.9. The molecule has 2 aromatic rings. The van der Waals surface area contributed by atoms with Crippen molar-refractivity contribution in [1.82, 2.24) is 4.98 Å². The fraction of sp³-hybridized carbons (Fsp3) is 0.381. The van der Waals surface area contributed by atoms with Gasteiger partial charge in [0.05, 0.1) is 6.54 Å². The summed E-state index contributed by atoms with van der Waals surface area (Å²) in [5.74, 6) is 1.44. The van der Waals surface area contributed by atoms with Gasteiger partial charge in [-0.05, 0) is 42.0 Å². The average molecular weight is 354 g/mol. The van der Waals surface area contributed by atoms with E-state index in [2.05, 4.69) is 29.2 Å². The van der Waals surface area contributed by atoms with Crippen LogP contribution in [-0.2, 0) is 16.1 Å². The lowest BCUT2D eigenvalue weighted by atomic mass is 9.84. The number of pyridine rings is 1. The highest BCUT2D eigenvalue weighted by Crippen LogP contribution is 2.32. The van der Waals surface area contributed by atoms with Gasteiger partial charge in [0, 0.05) is 13.1 Å². The van der Waals surface area contributed by atoms with E-state index in [0.717, 1.165) is 11.5 Å². The van der Waals surface area contributed by atoms with E-state index in [1.54, 1.807) is 18.0 Å². The fourth-order valence-electron chi connectivity index (χ4n) is 3.38. The molecule has 0 spiro atoms. The number of carbonyl (C=O) groups is 2. The van der Waals surface area contributed by atoms with E-state index in [1.165, 1.54) is 37.7 Å². The Morgan fingerprint density at radius 3 is 2.35 bits per heavy atom. The standard InChI is InChI=1S/C20H24N2O.CH2O2/c1-16(23)22(20-9-5-6-14-21-20)15-17-10-12-19(13-11-17)18-7-3-2-4-8-18;2-1-3/h5-6,9-14,18H,2-4,7-8,15H2,1H3;1H,(H,2,3). The summed E-state index contributed by atoms with van der Waals surface area (Å²) >= 11 is 0. The molecular formula is C21H26N2O3. The molecule has 5 nitrogen and oxygen atoms in total. The van der Waals surface area contributed by atoms with Crippen molar-refractivity contribution in [2.45, 2.75) is 51.5 Å². The first-order chi connectivity index (χ1) is 12.7. The molecule has 1 aliphatic carbocycles. The Balaban J connectivity index is 0.000000758. The van der Waals surface area contributed by atoms with Gasteiger partial charge in [0.15, 0.2) is 0 Å². The van der Waals surface area contributed by atoms with Crippen molar-refractivity contribution in [3.63, 3.8) is 0 Å². The number of aromatic nitrogens is 1. The van der Waals surface area contributed by atoms with Crippen molar-refractivity contribution >= 4 is 18.2 Å². The van der Waals surface area contributed by atoms with Crippen LogP contribution in [0, 0.1) is 0 Å². The van der Waals surface area contributed by atoms with Crippen LogP contribution in [0.2, 0.25) is 0 Å². The van der Waals surface area contributed by atoms with Gasteiger partial charge in [-0.25, -0.2) is 4.98 Å². The lowest BCUT2D eigenvalue weighted by molar-refractivity contribution is -0.123. The van der Waals surface area contributed by atoms with E-state index in [0.29, 0.717) is 12.4 Å². The first-order valence-corrected chi connectivity index (χ1v) is 9.01. The van der Waals surface area contributed by atoms with E-state index in [-0.39, 0.29) is 12.4 Å². The van der Waals surface area contributed by atoms with Gasteiger partial charge in [-0.1, -0.05) is 49.6 Å². The molecule has 1 saturated carbocycles. The predicted octanol–water partition coefficient (Wildman–Crippen LogP) is 4.38. The van der Waals surface area contributed by atoms with Crippen LogP contribution in [0.5, 0.6) is 0 Å². The van der Waals surface area contributed by atoms with Crippen LogP contribution in [-0.4, -0.2) is 22.5 Å². The molecule has 1 amide bonds. The van der Waals surface area contributed by atoms with Gasteiger partial charge in [0.2, 0.25) is 5.91 Å². The zero-order valence-corrected chi connectivity index (χ0v) is 15.2. The summed E-state index contributed by atoms with van der Waals surface area (Å²) in [4.78, 5) is 26.3. The summed E-state index contributed by atoms with van der Waals surface area (Å²) in [5, 5.41) is 6.89. The summed E-state index contributed by atoms with van der Waals surface area (Å²) < 4.78 is 0. The maximum Gasteiger partial charge on any atom is 0.290 e. The van der Waals surface area contributed by atoms with Crippen LogP contribution in [0.1, 0.15) is 56.1 Å². The van der Waals surface area contributed by atoms with Gasteiger partial charge in [-0.2, -0.15) is 0 Å². The molecule has 0 atom stereocenters. The molecule has 138 valence electrons. The quantitative estimate of drug-likeness (QED) is 0.827. The molecule has 1 aromatic carbocycles. The van der Waals surface area contributed by atoms with Crippen molar-refractivity contribution < 1.29 is 14.7 Å². The minimum Gasteiger partial charge on any atom is -0.483 e. The third-order valence-electron chi connectivity index (χ3n) is 4.70. The van der Waals surface area contributed by atoms with Crippen molar-refractivity contribution in [3.05, 3.63) is 59.8 Å². The Bertz CT molecular complexity index is 680. The number of carboxylic acid groups (broad SMARTS) is 1. The molecule has 1 heterocycles. The normalized spacial score (nSPS) is 14.0. The van der Waals surface area contributed by atoms with E-state index in [1.807, 2.05) is 18.2 Å². The summed E-state index contributed by atoms with van der Waals surface area (Å²) in [7, 11) is 0. The number of hydrogen-bond acceptors (Lipinski definition) is 3. The summed E-state index contributed by atoms with van der Waals surface area (Å²) in [5.41, 5.74) is 2.59. The molecule has 0 saturated heterocycles. The summed E-state index contributed by atoms with van der Waals surface area (Å²) in [6, 6.07) is 14.4. The number of hydrogen-bond donors (Lipinski definition) is 1. The van der Waals surface area contributed by atoms with Crippen LogP contribution >= 0.6 is 0 Å². The predicted molar refractivity (Wildman–Crippen MR) is 102 cm³/mol. The third kappa shape index (κ3) is 5.69. The minimum absolute atomic E-state index is 0.0139. The SMILES string of the molecule is CC(=O)N(Cc1ccc(C2CCCCC2)cc1)c1ccccn1.O=CO. The lowest BCUT2D eigenvalue weighted by Gasteiger charge is -2.23. The van der Waals surface area contributed by atoms with Gasteiger partial charge in [-0.15, -0.1) is 0 Å². The fourth-order valence-corrected chi connectivity index (χ4v) is 3.38. The highest BCUT2D eigenvalue weighted by Gasteiger charge is 2.16. The molecule has 1 aromatic heterocycles. The van der Waals surface area contributed by atoms with Crippen LogP contribution in [0.25, 0.3) is 0 Å². The molecular weight excluding hydrogens is 328 g/mol. The summed E-state index contributed by atoms with van der Waals surface area (Å²) in [6.07, 6.45) is 8.43. The molecule has 26 heavy (non-hydrogen) atoms. The Morgan fingerprint density at radius 1 is 1.15 bits per heavy atom. The molecule has 0 radical (unpaired) electrons. The Morgan fingerprint density at radius 2 is 1.81 bits per heavy atom. The van der Waals surface area contributed by atoms with Gasteiger partial charge >= 0.3 is 0 Å². The van der Waals surface area contributed by atoms with Gasteiger partial charge in [0.1, 0.15) is 5.82 Å². The highest BCUT2D eigenvalue weighted by atomic mass is 16.3. The molecule has 3 rings (SSSR count). The van der Waals surface area contributed by atoms with Crippen molar-refractivity contribution in [2.24, 2.45) is 0 Å². The zero-order chi connectivity index (χ0) is 18.8. The Labute approximate surface area is 154 Å². The number of benzene rings is 1. The van der Waals surface area contributed by atoms with Crippen LogP contribution in [0.4, 0.5) is 5.82 Å². The first-order valence-electron chi connectivity index (χ1n) is 9.01. The van der Waals surface area contributed by atoms with E-state index >= 15 is 0 Å². The van der Waals surface area contributed by atoms with Crippen molar-refractivity contribution in [1.29, 1.82) is 0 Å². The lowest BCUT2D eigenvalue weighted by Crippen LogP contribution is -2.28. The second kappa shape index (κ2) is 10.3. The molecule has 0 unspecified atom stereocenters. The van der Waals surface area contributed by atoms with E-state index in [4.69, 9.17) is 9.90 Å². The maximum absolute atomic E-state index is 11.9. The van der Waals surface area contributed by atoms with Crippen molar-refractivity contribution in [2.75, 3.05) is 4.90 Å². The largest absolute Gasteiger partial charge is 0.483 e. The number of carbonyl (C=O) groups excluding carboxylic acids is 1. The number of anilines is 1. The first kappa shape index (κ1) is 19.6. The molecule has 1 fully saturated rings. The Hall–Kier alpha value is -2.69. The van der Waals surface area contributed by atoms with Gasteiger partial charge in [0.25, 0.3) is 6.47 Å². The van der Waals surface area contributed by atoms with Crippen molar-refractivity contribution in [3.8, 4) is 0 Å². The van der Waals surface area contributed by atoms with E-state index in [9.17, 15) is 4.79 Å². The monoisotopic (exact) mass is 354 g/mol. The minimum atomic E-state index is -0.250. The highest BCUT2D eigenvalue weighted by molar-refractivity contribution is 5.90. The molecule has 5 heteroatoms. The average Bonchev–Trinajstić information content (AvgIpc) is 2.68. The van der Waals surface area contributed by atoms with Crippen LogP contribution in [0.15, 0.2) is 48.7 Å². The van der Waals surface area contributed by atoms with Crippen LogP contribution < -0.4 is 4.90 Å². The number of amides is 1. The molecule has 1 N–H and O–H groups in total. The third-order valence-corrected chi connectivity index (χ3v) is 4.70. The van der Waals surface area contributed by atoms with Crippen LogP contribution in [0.3, 0.4) is 0 Å². The Kier molecular flexibility index (Phi) is 7.80. The van der Waals surface area contributed by atoms with Gasteiger partial charge < -0.3 is 5.11 Å². The molecule has 1 aliphatic rings. The smallest absolute Gasteiger partial charge is 0.290 e. The molecule has 0 bridgehead atoms. The number of rotatable bonds is 4. The summed E-state index contributed by atoms with van der Waals surface area (Å²) in [6.45, 7) is 1.91. The zero-order valence-electron chi connectivity index (χ0n) is 15.2. The van der Waals surface area contributed by atoms with Gasteiger partial charge in [-0.3, -0.25) is 14.5 Å². The second-order valence-corrected chi connectivity index (χ2v) is 6.48. The second-order valence-electron chi connectivity index (χ2n) is 6.48. The van der Waals surface area contributed by atoms with E-state index < -0.39 is 0 Å². The topological polar surface area (TPSA) is 70.5 Å². The molecule has 0 aliphatic heterocycles. The number of nitrogens with zero attached hydrogens (tertiary/aromatic N) is 2.